The summed E-state index contributed by atoms with van der Waals surface area (Å²) in [5.41, 5.74) is 9.22. The molecule has 150 valence electrons. The van der Waals surface area contributed by atoms with Gasteiger partial charge in [-0.1, -0.05) is 47.5 Å². The summed E-state index contributed by atoms with van der Waals surface area (Å²) < 4.78 is 2.18. The molecule has 4 rings (SSSR count). The number of nitrogens with two attached hydrogens (primary N) is 1. The van der Waals surface area contributed by atoms with Gasteiger partial charge in [-0.3, -0.25) is 0 Å². The number of benzene rings is 2. The van der Waals surface area contributed by atoms with Gasteiger partial charge in [0, 0.05) is 29.9 Å². The molecule has 0 saturated heterocycles. The van der Waals surface area contributed by atoms with Gasteiger partial charge in [0.1, 0.15) is 11.6 Å². The van der Waals surface area contributed by atoms with Gasteiger partial charge in [-0.2, -0.15) is 0 Å². The second-order valence-electron chi connectivity index (χ2n) is 7.12. The predicted octanol–water partition coefficient (Wildman–Crippen LogP) is 4.79. The van der Waals surface area contributed by atoms with Crippen LogP contribution in [0.3, 0.4) is 0 Å². The fourth-order valence-electron chi connectivity index (χ4n) is 3.59. The maximum absolute atomic E-state index is 6.21. The molecule has 0 unspecified atom stereocenters. The SMILES string of the molecule is NCCCc1nnc(CCc2c[nH]c3ccccc23)n1Cc1ccc(Cl)c(Cl)c1. The largest absolute Gasteiger partial charge is 0.361 e. The molecule has 0 amide bonds. The van der Waals surface area contributed by atoms with Gasteiger partial charge in [0.05, 0.1) is 16.6 Å². The maximum atomic E-state index is 6.21. The number of rotatable bonds is 8. The van der Waals surface area contributed by atoms with Crippen molar-refractivity contribution in [3.8, 4) is 0 Å². The van der Waals surface area contributed by atoms with E-state index in [1.807, 2.05) is 24.3 Å². The molecule has 5 nitrogen and oxygen atoms in total. The van der Waals surface area contributed by atoms with Gasteiger partial charge in [-0.15, -0.1) is 10.2 Å². The Kier molecular flexibility index (Phi) is 6.19. The zero-order valence-electron chi connectivity index (χ0n) is 16.0. The van der Waals surface area contributed by atoms with E-state index in [4.69, 9.17) is 28.9 Å². The summed E-state index contributed by atoms with van der Waals surface area (Å²) in [5, 5.41) is 11.3. The second kappa shape index (κ2) is 8.99. The number of fused-ring (bicyclic) bond motifs is 1. The first-order chi connectivity index (χ1) is 14.2. The van der Waals surface area contributed by atoms with E-state index < -0.39 is 0 Å². The molecule has 4 aromatic rings. The first kappa shape index (κ1) is 20.0. The van der Waals surface area contributed by atoms with Crippen molar-refractivity contribution in [3.05, 3.63) is 81.5 Å². The van der Waals surface area contributed by atoms with Gasteiger partial charge in [0.15, 0.2) is 0 Å². The third-order valence-corrected chi connectivity index (χ3v) is 5.87. The Morgan fingerprint density at radius 3 is 2.52 bits per heavy atom. The van der Waals surface area contributed by atoms with E-state index in [1.165, 1.54) is 10.9 Å². The van der Waals surface area contributed by atoms with Gasteiger partial charge in [0.2, 0.25) is 0 Å². The lowest BCUT2D eigenvalue weighted by molar-refractivity contribution is 0.657. The van der Waals surface area contributed by atoms with Crippen molar-refractivity contribution in [1.82, 2.24) is 19.7 Å². The maximum Gasteiger partial charge on any atom is 0.133 e. The highest BCUT2D eigenvalue weighted by Gasteiger charge is 2.14. The van der Waals surface area contributed by atoms with Crippen molar-refractivity contribution in [3.63, 3.8) is 0 Å². The van der Waals surface area contributed by atoms with E-state index in [0.29, 0.717) is 23.1 Å². The van der Waals surface area contributed by atoms with Crippen LogP contribution in [0.5, 0.6) is 0 Å². The lowest BCUT2D eigenvalue weighted by atomic mass is 10.1. The Bertz CT molecular complexity index is 1120. The van der Waals surface area contributed by atoms with Crippen LogP contribution in [0.25, 0.3) is 10.9 Å². The summed E-state index contributed by atoms with van der Waals surface area (Å²) in [7, 11) is 0. The van der Waals surface area contributed by atoms with Crippen molar-refractivity contribution >= 4 is 34.1 Å². The van der Waals surface area contributed by atoms with E-state index in [0.717, 1.165) is 48.4 Å². The number of aryl methyl sites for hydroxylation is 3. The topological polar surface area (TPSA) is 72.5 Å². The average molecular weight is 428 g/mol. The highest BCUT2D eigenvalue weighted by Crippen LogP contribution is 2.24. The van der Waals surface area contributed by atoms with E-state index in [-0.39, 0.29) is 0 Å². The van der Waals surface area contributed by atoms with Gasteiger partial charge < -0.3 is 15.3 Å². The zero-order valence-corrected chi connectivity index (χ0v) is 17.5. The summed E-state index contributed by atoms with van der Waals surface area (Å²) in [4.78, 5) is 3.34. The number of hydrogen-bond acceptors (Lipinski definition) is 3. The summed E-state index contributed by atoms with van der Waals surface area (Å²) in [6.45, 7) is 1.29. The normalized spacial score (nSPS) is 11.4. The molecule has 0 bridgehead atoms. The Morgan fingerprint density at radius 2 is 1.72 bits per heavy atom. The molecule has 2 aromatic heterocycles. The Morgan fingerprint density at radius 1 is 0.931 bits per heavy atom. The molecule has 0 spiro atoms. The molecular weight excluding hydrogens is 405 g/mol. The second-order valence-corrected chi connectivity index (χ2v) is 7.93. The van der Waals surface area contributed by atoms with Crippen LogP contribution in [0.1, 0.15) is 29.2 Å². The van der Waals surface area contributed by atoms with Crippen molar-refractivity contribution in [2.45, 2.75) is 32.2 Å². The molecule has 7 heteroatoms. The minimum Gasteiger partial charge on any atom is -0.361 e. The number of aromatic amines is 1. The molecule has 2 heterocycles. The van der Waals surface area contributed by atoms with Crippen LogP contribution in [0.4, 0.5) is 0 Å². The van der Waals surface area contributed by atoms with Crippen molar-refractivity contribution < 1.29 is 0 Å². The molecule has 0 aliphatic rings. The Hall–Kier alpha value is -2.34. The lowest BCUT2D eigenvalue weighted by Gasteiger charge is -2.11. The standard InChI is InChI=1S/C22H23Cl2N5/c23-18-9-7-15(12-19(18)24)14-29-21(6-3-11-25)27-28-22(29)10-8-16-13-26-20-5-2-1-4-17(16)20/h1-2,4-5,7,9,12-13,26H,3,6,8,10-11,14,25H2. The molecular formula is C22H23Cl2N5. The molecule has 29 heavy (non-hydrogen) atoms. The summed E-state index contributed by atoms with van der Waals surface area (Å²) in [5.74, 6) is 1.92. The van der Waals surface area contributed by atoms with Crippen LogP contribution in [-0.2, 0) is 25.8 Å². The van der Waals surface area contributed by atoms with Crippen LogP contribution < -0.4 is 5.73 Å². The molecule has 3 N–H and O–H groups in total. The Balaban J connectivity index is 1.58. The number of H-pyrrole nitrogens is 1. The molecule has 0 saturated carbocycles. The van der Waals surface area contributed by atoms with E-state index in [2.05, 4.69) is 44.1 Å². The van der Waals surface area contributed by atoms with Crippen LogP contribution >= 0.6 is 23.2 Å². The Labute approximate surface area is 179 Å². The zero-order chi connectivity index (χ0) is 20.2. The minimum absolute atomic E-state index is 0.557. The number of para-hydroxylation sites is 1. The van der Waals surface area contributed by atoms with Crippen molar-refractivity contribution in [2.24, 2.45) is 5.73 Å². The van der Waals surface area contributed by atoms with Gasteiger partial charge >= 0.3 is 0 Å². The highest BCUT2D eigenvalue weighted by molar-refractivity contribution is 6.42. The van der Waals surface area contributed by atoms with E-state index in [1.54, 1.807) is 0 Å². The van der Waals surface area contributed by atoms with Crippen molar-refractivity contribution in [1.29, 1.82) is 0 Å². The molecule has 2 aromatic carbocycles. The quantitative estimate of drug-likeness (QED) is 0.424. The first-order valence-corrected chi connectivity index (χ1v) is 10.5. The van der Waals surface area contributed by atoms with E-state index in [9.17, 15) is 0 Å². The van der Waals surface area contributed by atoms with Crippen LogP contribution in [0.2, 0.25) is 10.0 Å². The van der Waals surface area contributed by atoms with Crippen LogP contribution in [0.15, 0.2) is 48.7 Å². The predicted molar refractivity (Wildman–Crippen MR) is 119 cm³/mol. The van der Waals surface area contributed by atoms with Gasteiger partial charge in [-0.05, 0) is 48.7 Å². The smallest absolute Gasteiger partial charge is 0.133 e. The number of nitrogens with zero attached hydrogens (tertiary/aromatic N) is 3. The molecule has 0 aliphatic carbocycles. The van der Waals surface area contributed by atoms with Gasteiger partial charge in [0.25, 0.3) is 0 Å². The third kappa shape index (κ3) is 4.47. The summed E-state index contributed by atoms with van der Waals surface area (Å²) in [6.07, 6.45) is 5.46. The summed E-state index contributed by atoms with van der Waals surface area (Å²) >= 11 is 12.3. The highest BCUT2D eigenvalue weighted by atomic mass is 35.5. The monoisotopic (exact) mass is 427 g/mol. The van der Waals surface area contributed by atoms with Crippen molar-refractivity contribution in [2.75, 3.05) is 6.54 Å². The third-order valence-electron chi connectivity index (χ3n) is 5.13. The fourth-order valence-corrected chi connectivity index (χ4v) is 3.91. The number of nitrogens with one attached hydrogen (secondary N) is 1. The fraction of sp³-hybridized carbons (Fsp3) is 0.273. The average Bonchev–Trinajstić information content (AvgIpc) is 3.31. The van der Waals surface area contributed by atoms with Crippen LogP contribution in [-0.4, -0.2) is 26.3 Å². The molecule has 0 fully saturated rings. The molecule has 0 atom stereocenters. The van der Waals surface area contributed by atoms with E-state index >= 15 is 0 Å². The first-order valence-electron chi connectivity index (χ1n) is 9.75. The summed E-state index contributed by atoms with van der Waals surface area (Å²) in [6, 6.07) is 14.1. The molecule has 0 aliphatic heterocycles. The van der Waals surface area contributed by atoms with Gasteiger partial charge in [-0.25, -0.2) is 0 Å². The number of hydrogen-bond donors (Lipinski definition) is 2. The number of aromatic nitrogens is 4. The lowest BCUT2D eigenvalue weighted by Crippen LogP contribution is -2.11. The van der Waals surface area contributed by atoms with Crippen LogP contribution in [0, 0.1) is 0 Å². The minimum atomic E-state index is 0.557. The molecule has 0 radical (unpaired) electrons. The number of halogens is 2.